The summed E-state index contributed by atoms with van der Waals surface area (Å²) in [5, 5.41) is 4.97. The van der Waals surface area contributed by atoms with Crippen molar-refractivity contribution in [3.8, 4) is 5.69 Å². The lowest BCUT2D eigenvalue weighted by atomic mass is 10.1. The first-order valence-electron chi connectivity index (χ1n) is 9.64. The van der Waals surface area contributed by atoms with Gasteiger partial charge in [0, 0.05) is 17.9 Å². The van der Waals surface area contributed by atoms with E-state index in [9.17, 15) is 9.59 Å². The number of aromatic nitrogens is 3. The van der Waals surface area contributed by atoms with Crippen molar-refractivity contribution >= 4 is 22.6 Å². The molecule has 0 unspecified atom stereocenters. The molecule has 1 atom stereocenters. The van der Waals surface area contributed by atoms with Crippen LogP contribution in [-0.4, -0.2) is 26.7 Å². The number of fused-ring (bicyclic) bond motifs is 2. The molecule has 0 bridgehead atoms. The lowest BCUT2D eigenvalue weighted by Crippen LogP contribution is -2.38. The summed E-state index contributed by atoms with van der Waals surface area (Å²) in [6.45, 7) is 3.79. The minimum atomic E-state index is -0.292. The van der Waals surface area contributed by atoms with Crippen LogP contribution in [-0.2, 0) is 6.42 Å². The number of hydrogen-bond donors (Lipinski definition) is 1. The lowest BCUT2D eigenvalue weighted by Gasteiger charge is -2.22. The van der Waals surface area contributed by atoms with Gasteiger partial charge in [0.1, 0.15) is 11.2 Å². The molecule has 1 aliphatic rings. The van der Waals surface area contributed by atoms with Crippen molar-refractivity contribution in [3.05, 3.63) is 87.8 Å². The van der Waals surface area contributed by atoms with Crippen molar-refractivity contribution in [3.63, 3.8) is 0 Å². The molecule has 1 aliphatic heterocycles. The van der Waals surface area contributed by atoms with Crippen LogP contribution >= 0.6 is 0 Å². The highest BCUT2D eigenvalue weighted by Crippen LogP contribution is 2.32. The number of H-pyrrole nitrogens is 1. The van der Waals surface area contributed by atoms with Gasteiger partial charge in [-0.15, -0.1) is 0 Å². The third-order valence-electron chi connectivity index (χ3n) is 5.54. The van der Waals surface area contributed by atoms with Crippen molar-refractivity contribution in [2.45, 2.75) is 26.3 Å². The topological polar surface area (TPSA) is 71.0 Å². The molecule has 0 aliphatic carbocycles. The van der Waals surface area contributed by atoms with Gasteiger partial charge in [-0.05, 0) is 44.0 Å². The Bertz CT molecular complexity index is 1300. The normalized spacial score (nSPS) is 15.7. The highest BCUT2D eigenvalue weighted by atomic mass is 16.2. The van der Waals surface area contributed by atoms with E-state index in [1.807, 2.05) is 61.5 Å². The third kappa shape index (κ3) is 2.60. The number of benzene rings is 2. The fraction of sp³-hybridized carbons (Fsp3) is 0.174. The molecule has 1 N–H and O–H groups in total. The van der Waals surface area contributed by atoms with E-state index in [-0.39, 0.29) is 22.9 Å². The highest BCUT2D eigenvalue weighted by Gasteiger charge is 2.33. The van der Waals surface area contributed by atoms with Gasteiger partial charge in [-0.2, -0.15) is 5.10 Å². The maximum Gasteiger partial charge on any atom is 0.264 e. The molecule has 0 radical (unpaired) electrons. The van der Waals surface area contributed by atoms with Crippen molar-refractivity contribution in [1.29, 1.82) is 0 Å². The number of nitrogens with one attached hydrogen (secondary N) is 1. The van der Waals surface area contributed by atoms with Crippen LogP contribution in [0.4, 0.5) is 5.69 Å². The zero-order chi connectivity index (χ0) is 20.1. The summed E-state index contributed by atoms with van der Waals surface area (Å²) in [7, 11) is 0. The van der Waals surface area contributed by atoms with E-state index in [1.165, 1.54) is 6.20 Å². The molecule has 3 heterocycles. The summed E-state index contributed by atoms with van der Waals surface area (Å²) in [4.78, 5) is 31.5. The van der Waals surface area contributed by atoms with E-state index < -0.39 is 0 Å². The lowest BCUT2D eigenvalue weighted by molar-refractivity contribution is 0.0980. The second-order valence-corrected chi connectivity index (χ2v) is 7.44. The summed E-state index contributed by atoms with van der Waals surface area (Å²) >= 11 is 0. The number of para-hydroxylation sites is 2. The number of aromatic amines is 1. The molecule has 144 valence electrons. The molecule has 29 heavy (non-hydrogen) atoms. The standard InChI is InChI=1S/C23H20N4O2/c1-14-12-16-8-6-7-11-19(16)26(14)23(29)18-13-24-22-20(21(18)28)15(2)25-27(22)17-9-4-3-5-10-17/h3-11,13-14H,12H2,1-2H3,(H,24,28)/t14-/m0/s1. The molecule has 2 aromatic carbocycles. The molecular weight excluding hydrogens is 364 g/mol. The Kier molecular flexibility index (Phi) is 3.87. The maximum absolute atomic E-state index is 13.4. The molecule has 0 fully saturated rings. The van der Waals surface area contributed by atoms with E-state index >= 15 is 0 Å². The Balaban J connectivity index is 1.64. The Hall–Kier alpha value is -3.67. The number of anilines is 1. The second kappa shape index (κ2) is 6.44. The fourth-order valence-corrected chi connectivity index (χ4v) is 4.19. The first kappa shape index (κ1) is 17.4. The second-order valence-electron chi connectivity index (χ2n) is 7.44. The van der Waals surface area contributed by atoms with Crippen LogP contribution in [0.3, 0.4) is 0 Å². The number of carbonyl (C=O) groups excluding carboxylic acids is 1. The minimum absolute atomic E-state index is 0.00290. The Morgan fingerprint density at radius 2 is 1.83 bits per heavy atom. The summed E-state index contributed by atoms with van der Waals surface area (Å²) in [5.41, 5.74) is 3.87. The molecule has 2 aromatic heterocycles. The van der Waals surface area contributed by atoms with Crippen LogP contribution in [0.2, 0.25) is 0 Å². The summed E-state index contributed by atoms with van der Waals surface area (Å²) in [6, 6.07) is 17.5. The summed E-state index contributed by atoms with van der Waals surface area (Å²) in [6.07, 6.45) is 2.30. The number of rotatable bonds is 2. The van der Waals surface area contributed by atoms with Gasteiger partial charge in [-0.25, -0.2) is 4.68 Å². The van der Waals surface area contributed by atoms with Crippen LogP contribution in [0.25, 0.3) is 16.7 Å². The van der Waals surface area contributed by atoms with Gasteiger partial charge in [0.05, 0.1) is 16.8 Å². The number of carbonyl (C=O) groups is 1. The number of aryl methyl sites for hydroxylation is 1. The average molecular weight is 384 g/mol. The molecule has 0 saturated heterocycles. The van der Waals surface area contributed by atoms with E-state index in [4.69, 9.17) is 0 Å². The molecule has 6 heteroatoms. The summed E-state index contributed by atoms with van der Waals surface area (Å²) < 4.78 is 1.70. The van der Waals surface area contributed by atoms with Gasteiger partial charge < -0.3 is 9.88 Å². The smallest absolute Gasteiger partial charge is 0.264 e. The summed E-state index contributed by atoms with van der Waals surface area (Å²) in [5.74, 6) is -0.280. The van der Waals surface area contributed by atoms with Gasteiger partial charge in [-0.3, -0.25) is 9.59 Å². The predicted octanol–water partition coefficient (Wildman–Crippen LogP) is 3.61. The monoisotopic (exact) mass is 384 g/mol. The number of nitrogens with zero attached hydrogens (tertiary/aromatic N) is 3. The Morgan fingerprint density at radius 1 is 1.10 bits per heavy atom. The van der Waals surface area contributed by atoms with Crippen molar-refractivity contribution in [1.82, 2.24) is 14.8 Å². The molecule has 0 saturated carbocycles. The Morgan fingerprint density at radius 3 is 2.62 bits per heavy atom. The zero-order valence-electron chi connectivity index (χ0n) is 16.2. The molecule has 1 amide bonds. The van der Waals surface area contributed by atoms with Gasteiger partial charge in [0.2, 0.25) is 5.43 Å². The molecule has 6 nitrogen and oxygen atoms in total. The maximum atomic E-state index is 13.4. The molecule has 5 rings (SSSR count). The van der Waals surface area contributed by atoms with E-state index in [1.54, 1.807) is 16.5 Å². The van der Waals surface area contributed by atoms with Gasteiger partial charge >= 0.3 is 0 Å². The SMILES string of the molecule is Cc1nn(-c2ccccc2)c2[nH]cc(C(=O)N3c4ccccc4C[C@@H]3C)c(=O)c12. The minimum Gasteiger partial charge on any atom is -0.345 e. The van der Waals surface area contributed by atoms with Crippen LogP contribution in [0.5, 0.6) is 0 Å². The molecule has 0 spiro atoms. The zero-order valence-corrected chi connectivity index (χ0v) is 16.2. The number of pyridine rings is 1. The van der Waals surface area contributed by atoms with Crippen molar-refractivity contribution in [2.75, 3.05) is 4.90 Å². The van der Waals surface area contributed by atoms with E-state index in [0.717, 1.165) is 23.4 Å². The third-order valence-corrected chi connectivity index (χ3v) is 5.54. The van der Waals surface area contributed by atoms with E-state index in [0.29, 0.717) is 16.7 Å². The van der Waals surface area contributed by atoms with Gasteiger partial charge in [0.25, 0.3) is 5.91 Å². The first-order valence-corrected chi connectivity index (χ1v) is 9.64. The molecular formula is C23H20N4O2. The average Bonchev–Trinajstić information content (AvgIpc) is 3.25. The fourth-order valence-electron chi connectivity index (χ4n) is 4.19. The van der Waals surface area contributed by atoms with Crippen molar-refractivity contribution in [2.24, 2.45) is 0 Å². The predicted molar refractivity (Wildman–Crippen MR) is 113 cm³/mol. The largest absolute Gasteiger partial charge is 0.345 e. The first-order chi connectivity index (χ1) is 14.1. The van der Waals surface area contributed by atoms with Crippen LogP contribution in [0.15, 0.2) is 65.6 Å². The molecule has 4 aromatic rings. The number of hydrogen-bond acceptors (Lipinski definition) is 3. The number of amides is 1. The quantitative estimate of drug-likeness (QED) is 0.574. The van der Waals surface area contributed by atoms with E-state index in [2.05, 4.69) is 10.1 Å². The van der Waals surface area contributed by atoms with Crippen LogP contribution < -0.4 is 10.3 Å². The van der Waals surface area contributed by atoms with Gasteiger partial charge in [0.15, 0.2) is 0 Å². The van der Waals surface area contributed by atoms with Gasteiger partial charge in [-0.1, -0.05) is 36.4 Å². The van der Waals surface area contributed by atoms with Crippen molar-refractivity contribution < 1.29 is 4.79 Å². The van der Waals surface area contributed by atoms with Crippen LogP contribution in [0, 0.1) is 6.92 Å². The Labute approximate surface area is 167 Å². The highest BCUT2D eigenvalue weighted by molar-refractivity contribution is 6.08. The van der Waals surface area contributed by atoms with Crippen LogP contribution in [0.1, 0.15) is 28.5 Å².